The predicted octanol–water partition coefficient (Wildman–Crippen LogP) is 4.10. The van der Waals surface area contributed by atoms with Crippen LogP contribution in [0.4, 0.5) is 0 Å². The molecule has 0 bridgehead atoms. The molecule has 0 radical (unpaired) electrons. The third kappa shape index (κ3) is 3.58. The number of rotatable bonds is 4. The molecule has 3 heteroatoms. The summed E-state index contributed by atoms with van der Waals surface area (Å²) in [4.78, 5) is 0. The molecule has 19 heavy (non-hydrogen) atoms. The fourth-order valence-corrected chi connectivity index (χ4v) is 2.20. The maximum absolute atomic E-state index is 6.32. The molecule has 2 aromatic rings. The Hall–Kier alpha value is -1.80. The summed E-state index contributed by atoms with van der Waals surface area (Å²) in [7, 11) is 3.81. The van der Waals surface area contributed by atoms with Crippen LogP contribution < -0.4 is 0 Å². The lowest BCUT2D eigenvalue weighted by Gasteiger charge is -2.10. The predicted molar refractivity (Wildman–Crippen MR) is 82.8 cm³/mol. The van der Waals surface area contributed by atoms with Crippen molar-refractivity contribution < 1.29 is 0 Å². The average Bonchev–Trinajstić information content (AvgIpc) is 2.41. The largest absolute Gasteiger partial charge is 0.303 e. The van der Waals surface area contributed by atoms with Crippen molar-refractivity contribution in [2.75, 3.05) is 14.1 Å². The van der Waals surface area contributed by atoms with Gasteiger partial charge >= 0.3 is 0 Å². The van der Waals surface area contributed by atoms with Crippen molar-refractivity contribution in [1.29, 1.82) is 0 Å². The van der Waals surface area contributed by atoms with Gasteiger partial charge in [0.15, 0.2) is 0 Å². The molecule has 0 aliphatic rings. The fraction of sp³-hybridized carbons (Fsp3) is 0.188. The lowest BCUT2D eigenvalue weighted by atomic mass is 9.98. The van der Waals surface area contributed by atoms with Gasteiger partial charge in [0.25, 0.3) is 0 Å². The highest BCUT2D eigenvalue weighted by Crippen LogP contribution is 2.29. The fourth-order valence-electron chi connectivity index (χ4n) is 1.95. The molecule has 2 aromatic carbocycles. The first kappa shape index (κ1) is 13.6. The van der Waals surface area contributed by atoms with Crippen molar-refractivity contribution in [1.82, 2.24) is 5.01 Å². The summed E-state index contributed by atoms with van der Waals surface area (Å²) in [5.41, 5.74) is 3.46. The first-order valence-corrected chi connectivity index (χ1v) is 6.59. The first-order valence-electron chi connectivity index (χ1n) is 6.21. The third-order valence-corrected chi connectivity index (χ3v) is 3.17. The molecule has 0 spiro atoms. The third-order valence-electron chi connectivity index (χ3n) is 2.81. The van der Waals surface area contributed by atoms with Crippen molar-refractivity contribution in [2.45, 2.75) is 6.42 Å². The number of nitrogens with zero attached hydrogens (tertiary/aromatic N) is 2. The van der Waals surface area contributed by atoms with Gasteiger partial charge < -0.3 is 5.01 Å². The van der Waals surface area contributed by atoms with Gasteiger partial charge in [0.05, 0.1) is 0 Å². The van der Waals surface area contributed by atoms with E-state index < -0.39 is 0 Å². The standard InChI is InChI=1S/C16H17ClN2/c1-19(2)18-12-11-15-14(9-6-10-16(15)17)13-7-4-3-5-8-13/h3-10,12H,11H2,1-2H3/b18-12+. The summed E-state index contributed by atoms with van der Waals surface area (Å²) in [6.45, 7) is 0. The zero-order valence-electron chi connectivity index (χ0n) is 11.2. The van der Waals surface area contributed by atoms with E-state index in [1.165, 1.54) is 11.1 Å². The first-order chi connectivity index (χ1) is 9.18. The van der Waals surface area contributed by atoms with Gasteiger partial charge in [0.2, 0.25) is 0 Å². The van der Waals surface area contributed by atoms with E-state index in [-0.39, 0.29) is 0 Å². The number of hydrazone groups is 1. The number of hydrogen-bond acceptors (Lipinski definition) is 2. The van der Waals surface area contributed by atoms with E-state index in [9.17, 15) is 0 Å². The van der Waals surface area contributed by atoms with Crippen LogP contribution >= 0.6 is 11.6 Å². The number of benzene rings is 2. The molecular weight excluding hydrogens is 256 g/mol. The zero-order valence-corrected chi connectivity index (χ0v) is 11.9. The Labute approximate surface area is 119 Å². The quantitative estimate of drug-likeness (QED) is 0.604. The van der Waals surface area contributed by atoms with Crippen LogP contribution in [-0.4, -0.2) is 25.3 Å². The van der Waals surface area contributed by atoms with E-state index >= 15 is 0 Å². The minimum absolute atomic E-state index is 0.724. The van der Waals surface area contributed by atoms with E-state index in [1.54, 1.807) is 5.01 Å². The Bertz CT molecular complexity index is 562. The van der Waals surface area contributed by atoms with Crippen LogP contribution in [-0.2, 0) is 6.42 Å². The molecule has 0 heterocycles. The average molecular weight is 273 g/mol. The van der Waals surface area contributed by atoms with E-state index in [4.69, 9.17) is 11.6 Å². The minimum Gasteiger partial charge on any atom is -0.303 e. The lowest BCUT2D eigenvalue weighted by molar-refractivity contribution is 0.439. The Balaban J connectivity index is 2.37. The summed E-state index contributed by atoms with van der Waals surface area (Å²) in [6, 6.07) is 16.3. The van der Waals surface area contributed by atoms with Crippen LogP contribution in [0.15, 0.2) is 53.6 Å². The number of hydrogen-bond donors (Lipinski definition) is 0. The highest BCUT2D eigenvalue weighted by Gasteiger charge is 2.07. The molecule has 2 nitrogen and oxygen atoms in total. The Kier molecular flexibility index (Phi) is 4.58. The Morgan fingerprint density at radius 2 is 1.79 bits per heavy atom. The molecule has 0 saturated carbocycles. The molecule has 0 unspecified atom stereocenters. The highest BCUT2D eigenvalue weighted by molar-refractivity contribution is 6.32. The second kappa shape index (κ2) is 6.39. The van der Waals surface area contributed by atoms with E-state index in [0.29, 0.717) is 0 Å². The molecular formula is C16H17ClN2. The molecule has 0 aliphatic heterocycles. The topological polar surface area (TPSA) is 15.6 Å². The van der Waals surface area contributed by atoms with Crippen LogP contribution in [0.5, 0.6) is 0 Å². The molecule has 98 valence electrons. The maximum Gasteiger partial charge on any atom is 0.0447 e. The van der Waals surface area contributed by atoms with Gasteiger partial charge in [-0.05, 0) is 22.8 Å². The normalized spacial score (nSPS) is 10.9. The summed E-state index contributed by atoms with van der Waals surface area (Å²) >= 11 is 6.32. The molecule has 0 atom stereocenters. The van der Waals surface area contributed by atoms with Crippen LogP contribution in [0, 0.1) is 0 Å². The van der Waals surface area contributed by atoms with E-state index in [0.717, 1.165) is 17.0 Å². The van der Waals surface area contributed by atoms with Crippen LogP contribution in [0.2, 0.25) is 5.02 Å². The summed E-state index contributed by atoms with van der Waals surface area (Å²) in [5, 5.41) is 6.81. The molecule has 0 fully saturated rings. The number of halogens is 1. The van der Waals surface area contributed by atoms with Crippen molar-refractivity contribution in [3.05, 3.63) is 59.1 Å². The highest BCUT2D eigenvalue weighted by atomic mass is 35.5. The van der Waals surface area contributed by atoms with E-state index in [2.05, 4.69) is 23.3 Å². The van der Waals surface area contributed by atoms with Crippen molar-refractivity contribution in [3.8, 4) is 11.1 Å². The summed E-state index contributed by atoms with van der Waals surface area (Å²) in [5.74, 6) is 0. The van der Waals surface area contributed by atoms with Crippen molar-refractivity contribution in [2.24, 2.45) is 5.10 Å². The zero-order chi connectivity index (χ0) is 13.7. The van der Waals surface area contributed by atoms with Crippen LogP contribution in [0.25, 0.3) is 11.1 Å². The van der Waals surface area contributed by atoms with Gasteiger partial charge in [0.1, 0.15) is 0 Å². The summed E-state index contributed by atoms with van der Waals surface area (Å²) in [6.07, 6.45) is 2.61. The second-order valence-electron chi connectivity index (χ2n) is 4.48. The second-order valence-corrected chi connectivity index (χ2v) is 4.89. The Morgan fingerprint density at radius 1 is 1.05 bits per heavy atom. The van der Waals surface area contributed by atoms with Gasteiger partial charge in [0, 0.05) is 31.8 Å². The van der Waals surface area contributed by atoms with Gasteiger partial charge in [-0.2, -0.15) is 5.10 Å². The van der Waals surface area contributed by atoms with Crippen LogP contribution in [0.3, 0.4) is 0 Å². The van der Waals surface area contributed by atoms with Gasteiger partial charge in [-0.25, -0.2) is 0 Å². The van der Waals surface area contributed by atoms with Gasteiger partial charge in [-0.15, -0.1) is 0 Å². The molecule has 0 N–H and O–H groups in total. The monoisotopic (exact) mass is 272 g/mol. The SMILES string of the molecule is CN(C)/N=C/Cc1c(Cl)cccc1-c1ccccc1. The molecule has 2 rings (SSSR count). The molecule has 0 saturated heterocycles. The molecule has 0 aliphatic carbocycles. The van der Waals surface area contributed by atoms with Crippen LogP contribution in [0.1, 0.15) is 5.56 Å². The van der Waals surface area contributed by atoms with Crippen molar-refractivity contribution in [3.63, 3.8) is 0 Å². The Morgan fingerprint density at radius 3 is 2.47 bits per heavy atom. The van der Waals surface area contributed by atoms with Crippen molar-refractivity contribution >= 4 is 17.8 Å². The smallest absolute Gasteiger partial charge is 0.0447 e. The molecule has 0 aromatic heterocycles. The molecule has 0 amide bonds. The maximum atomic E-state index is 6.32. The summed E-state index contributed by atoms with van der Waals surface area (Å²) < 4.78 is 0. The lowest BCUT2D eigenvalue weighted by Crippen LogP contribution is -2.03. The van der Waals surface area contributed by atoms with Gasteiger partial charge in [-0.3, -0.25) is 0 Å². The van der Waals surface area contributed by atoms with E-state index in [1.807, 2.05) is 50.6 Å². The minimum atomic E-state index is 0.724. The van der Waals surface area contributed by atoms with Gasteiger partial charge in [-0.1, -0.05) is 54.1 Å².